The van der Waals surface area contributed by atoms with E-state index in [2.05, 4.69) is 9.80 Å². The van der Waals surface area contributed by atoms with Gasteiger partial charge in [-0.05, 0) is 59.7 Å². The number of para-hydroxylation sites is 2. The Labute approximate surface area is 233 Å². The Hall–Kier alpha value is -3.81. The summed E-state index contributed by atoms with van der Waals surface area (Å²) in [6.45, 7) is 4.21. The second kappa shape index (κ2) is 12.4. The molecule has 1 aliphatic rings. The lowest BCUT2D eigenvalue weighted by Gasteiger charge is -2.36. The van der Waals surface area contributed by atoms with E-state index in [-0.39, 0.29) is 11.7 Å². The largest absolute Gasteiger partial charge is 0.495 e. The second-order valence-corrected chi connectivity index (χ2v) is 10.1. The number of carbonyl (C=O) groups excluding carboxylic acids is 1. The Morgan fingerprint density at radius 2 is 1.64 bits per heavy atom. The molecule has 4 aromatic rings. The number of ether oxygens (including phenoxy) is 1. The van der Waals surface area contributed by atoms with E-state index in [4.69, 9.17) is 20.8 Å². The Kier molecular flexibility index (Phi) is 8.49. The lowest BCUT2D eigenvalue weighted by molar-refractivity contribution is 0.0710. The average molecular weight is 548 g/mol. The van der Waals surface area contributed by atoms with Gasteiger partial charge in [0, 0.05) is 44.3 Å². The number of carbonyl (C=O) groups is 1. The highest BCUT2D eigenvalue weighted by molar-refractivity contribution is 6.30. The predicted molar refractivity (Wildman–Crippen MR) is 151 cm³/mol. The van der Waals surface area contributed by atoms with E-state index in [0.29, 0.717) is 62.4 Å². The van der Waals surface area contributed by atoms with Gasteiger partial charge in [0.15, 0.2) is 5.76 Å². The van der Waals surface area contributed by atoms with Crippen LogP contribution in [0.1, 0.15) is 27.4 Å². The third-order valence-electron chi connectivity index (χ3n) is 6.86. The molecular weight excluding hydrogens is 517 g/mol. The van der Waals surface area contributed by atoms with Gasteiger partial charge in [-0.1, -0.05) is 48.0 Å². The highest BCUT2D eigenvalue weighted by atomic mass is 35.5. The summed E-state index contributed by atoms with van der Waals surface area (Å²) in [7, 11) is 1.67. The van der Waals surface area contributed by atoms with E-state index in [1.54, 1.807) is 19.2 Å². The zero-order valence-electron chi connectivity index (χ0n) is 21.9. The Bertz CT molecular complexity index is 1400. The number of piperazine rings is 1. The number of nitrogens with zero attached hydrogens (tertiary/aromatic N) is 3. The monoisotopic (exact) mass is 547 g/mol. The van der Waals surface area contributed by atoms with Crippen molar-refractivity contribution in [2.45, 2.75) is 19.6 Å². The number of hydrogen-bond acceptors (Lipinski definition) is 5. The van der Waals surface area contributed by atoms with Gasteiger partial charge in [-0.2, -0.15) is 0 Å². The van der Waals surface area contributed by atoms with E-state index in [1.165, 1.54) is 12.1 Å². The molecule has 202 valence electrons. The van der Waals surface area contributed by atoms with Crippen molar-refractivity contribution >= 4 is 23.2 Å². The first kappa shape index (κ1) is 26.8. The number of anilines is 1. The molecule has 0 bridgehead atoms. The van der Waals surface area contributed by atoms with Crippen LogP contribution in [-0.4, -0.2) is 49.0 Å². The lowest BCUT2D eigenvalue weighted by Crippen LogP contribution is -2.48. The van der Waals surface area contributed by atoms with E-state index >= 15 is 0 Å². The quantitative estimate of drug-likeness (QED) is 0.248. The molecule has 0 saturated carbocycles. The van der Waals surface area contributed by atoms with Gasteiger partial charge in [0.25, 0.3) is 5.91 Å². The molecule has 2 heterocycles. The van der Waals surface area contributed by atoms with Gasteiger partial charge < -0.3 is 19.0 Å². The number of halogens is 2. The Morgan fingerprint density at radius 3 is 2.38 bits per heavy atom. The molecule has 1 aromatic heterocycles. The molecule has 1 aliphatic heterocycles. The standard InChI is InChI=1S/C31H31ClFN3O3/c1-38-29-8-3-2-7-28(29)35-15-17-36(18-16-35)31(37)30-14-13-27(39-30)22-34(20-23-9-11-25(32)12-10-23)21-24-5-4-6-26(33)19-24/h2-14,19H,15-18,20-22H2,1H3. The first-order chi connectivity index (χ1) is 19.0. The molecule has 3 aromatic carbocycles. The van der Waals surface area contributed by atoms with Crippen LogP contribution in [0.2, 0.25) is 5.02 Å². The predicted octanol–water partition coefficient (Wildman–Crippen LogP) is 6.25. The maximum Gasteiger partial charge on any atom is 0.289 e. The minimum absolute atomic E-state index is 0.115. The molecule has 1 saturated heterocycles. The Morgan fingerprint density at radius 1 is 0.897 bits per heavy atom. The third kappa shape index (κ3) is 6.80. The van der Waals surface area contributed by atoms with E-state index in [0.717, 1.165) is 22.6 Å². The van der Waals surface area contributed by atoms with Crippen molar-refractivity contribution in [3.05, 3.63) is 118 Å². The molecule has 1 amide bonds. The number of methoxy groups -OCH3 is 1. The number of amides is 1. The minimum atomic E-state index is -0.268. The zero-order valence-corrected chi connectivity index (χ0v) is 22.6. The fourth-order valence-electron chi connectivity index (χ4n) is 4.90. The molecular formula is C31H31ClFN3O3. The van der Waals surface area contributed by atoms with Crippen LogP contribution < -0.4 is 9.64 Å². The molecule has 5 rings (SSSR count). The first-order valence-corrected chi connectivity index (χ1v) is 13.3. The summed E-state index contributed by atoms with van der Waals surface area (Å²) in [6, 6.07) is 25.8. The average Bonchev–Trinajstić information content (AvgIpc) is 3.42. The number of rotatable bonds is 9. The summed E-state index contributed by atoms with van der Waals surface area (Å²) < 4.78 is 25.4. The van der Waals surface area contributed by atoms with Gasteiger partial charge in [0.2, 0.25) is 0 Å². The van der Waals surface area contributed by atoms with Crippen LogP contribution >= 0.6 is 11.6 Å². The summed E-state index contributed by atoms with van der Waals surface area (Å²) in [4.78, 5) is 19.4. The van der Waals surface area contributed by atoms with E-state index in [1.807, 2.05) is 65.6 Å². The summed E-state index contributed by atoms with van der Waals surface area (Å²) in [6.07, 6.45) is 0. The van der Waals surface area contributed by atoms with Gasteiger partial charge in [-0.15, -0.1) is 0 Å². The zero-order chi connectivity index (χ0) is 27.2. The topological polar surface area (TPSA) is 49.2 Å². The third-order valence-corrected chi connectivity index (χ3v) is 7.11. The molecule has 0 atom stereocenters. The van der Waals surface area contributed by atoms with Gasteiger partial charge >= 0.3 is 0 Å². The van der Waals surface area contributed by atoms with Crippen LogP contribution in [-0.2, 0) is 19.6 Å². The summed E-state index contributed by atoms with van der Waals surface area (Å²) in [5.41, 5.74) is 2.97. The molecule has 8 heteroatoms. The fraction of sp³-hybridized carbons (Fsp3) is 0.258. The van der Waals surface area contributed by atoms with Crippen molar-refractivity contribution < 1.29 is 18.3 Å². The van der Waals surface area contributed by atoms with Crippen molar-refractivity contribution in [2.24, 2.45) is 0 Å². The van der Waals surface area contributed by atoms with Gasteiger partial charge in [-0.3, -0.25) is 9.69 Å². The van der Waals surface area contributed by atoms with Crippen molar-refractivity contribution in [3.8, 4) is 5.75 Å². The maximum absolute atomic E-state index is 13.8. The van der Waals surface area contributed by atoms with Crippen LogP contribution in [0.4, 0.5) is 10.1 Å². The number of hydrogen-bond donors (Lipinski definition) is 0. The molecule has 39 heavy (non-hydrogen) atoms. The number of benzene rings is 3. The molecule has 1 fully saturated rings. The van der Waals surface area contributed by atoms with E-state index < -0.39 is 0 Å². The summed E-state index contributed by atoms with van der Waals surface area (Å²) >= 11 is 6.06. The fourth-order valence-corrected chi connectivity index (χ4v) is 5.03. The van der Waals surface area contributed by atoms with E-state index in [9.17, 15) is 9.18 Å². The van der Waals surface area contributed by atoms with Crippen LogP contribution in [0.15, 0.2) is 89.3 Å². The SMILES string of the molecule is COc1ccccc1N1CCN(C(=O)c2ccc(CN(Cc3ccc(Cl)cc3)Cc3cccc(F)c3)o2)CC1. The number of furan rings is 1. The molecule has 0 unspecified atom stereocenters. The van der Waals surface area contributed by atoms with Crippen molar-refractivity contribution in [3.63, 3.8) is 0 Å². The summed E-state index contributed by atoms with van der Waals surface area (Å²) in [5, 5.41) is 0.674. The normalized spacial score (nSPS) is 13.6. The van der Waals surface area contributed by atoms with Crippen molar-refractivity contribution in [1.82, 2.24) is 9.80 Å². The summed E-state index contributed by atoms with van der Waals surface area (Å²) in [5.74, 6) is 1.45. The molecule has 0 aliphatic carbocycles. The van der Waals surface area contributed by atoms with Gasteiger partial charge in [0.1, 0.15) is 17.3 Å². The lowest BCUT2D eigenvalue weighted by atomic mass is 10.1. The molecule has 6 nitrogen and oxygen atoms in total. The van der Waals surface area contributed by atoms with Crippen LogP contribution in [0.3, 0.4) is 0 Å². The smallest absolute Gasteiger partial charge is 0.289 e. The maximum atomic E-state index is 13.8. The molecule has 0 N–H and O–H groups in total. The highest BCUT2D eigenvalue weighted by Crippen LogP contribution is 2.28. The second-order valence-electron chi connectivity index (χ2n) is 9.62. The van der Waals surface area contributed by atoms with Crippen LogP contribution in [0, 0.1) is 5.82 Å². The highest BCUT2D eigenvalue weighted by Gasteiger charge is 2.26. The minimum Gasteiger partial charge on any atom is -0.495 e. The molecule has 0 spiro atoms. The van der Waals surface area contributed by atoms with Gasteiger partial charge in [-0.25, -0.2) is 4.39 Å². The van der Waals surface area contributed by atoms with Gasteiger partial charge in [0.05, 0.1) is 19.3 Å². The van der Waals surface area contributed by atoms with Crippen molar-refractivity contribution in [1.29, 1.82) is 0 Å². The van der Waals surface area contributed by atoms with Crippen molar-refractivity contribution in [2.75, 3.05) is 38.2 Å². The molecule has 0 radical (unpaired) electrons. The first-order valence-electron chi connectivity index (χ1n) is 13.0. The van der Waals surface area contributed by atoms with Crippen LogP contribution in [0.5, 0.6) is 5.75 Å². The Balaban J connectivity index is 1.24. The van der Waals surface area contributed by atoms with Crippen LogP contribution in [0.25, 0.3) is 0 Å².